The molecule has 1 saturated heterocycles. The Bertz CT molecular complexity index is 1450. The molecule has 0 amide bonds. The lowest BCUT2D eigenvalue weighted by atomic mass is 9.66. The maximum Gasteiger partial charge on any atom is 0.344 e. The highest BCUT2D eigenvalue weighted by molar-refractivity contribution is 5.92. The third-order valence-electron chi connectivity index (χ3n) is 7.40. The second kappa shape index (κ2) is 9.57. The van der Waals surface area contributed by atoms with Crippen LogP contribution in [0, 0.1) is 11.8 Å². The number of fused-ring (bicyclic) bond motifs is 3. The first-order valence-electron chi connectivity index (χ1n) is 12.2. The molecule has 3 heterocycles. The van der Waals surface area contributed by atoms with E-state index in [2.05, 4.69) is 4.98 Å². The van der Waals surface area contributed by atoms with Crippen molar-refractivity contribution in [2.24, 2.45) is 11.8 Å². The first-order valence-corrected chi connectivity index (χ1v) is 12.2. The minimum Gasteiger partial charge on any atom is -0.502 e. The maximum absolute atomic E-state index is 13.4. The van der Waals surface area contributed by atoms with Crippen LogP contribution in [-0.2, 0) is 14.3 Å². The highest BCUT2D eigenvalue weighted by Gasteiger charge is 2.54. The molecule has 4 atom stereocenters. The van der Waals surface area contributed by atoms with Crippen molar-refractivity contribution in [3.05, 3.63) is 64.8 Å². The number of aromatic nitrogens is 1. The summed E-state index contributed by atoms with van der Waals surface area (Å²) in [6.45, 7) is 0.0817. The number of pyridine rings is 1. The minimum atomic E-state index is -0.847. The Morgan fingerprint density at radius 2 is 1.67 bits per heavy atom. The Morgan fingerprint density at radius 1 is 0.974 bits per heavy atom. The second-order valence-electron chi connectivity index (χ2n) is 9.29. The van der Waals surface area contributed by atoms with Crippen LogP contribution in [0.4, 0.5) is 0 Å². The van der Waals surface area contributed by atoms with Gasteiger partial charge in [0.05, 0.1) is 33.9 Å². The van der Waals surface area contributed by atoms with Crippen LogP contribution in [0.5, 0.6) is 34.6 Å². The topological polar surface area (TPSA) is 132 Å². The summed E-state index contributed by atoms with van der Waals surface area (Å²) in [6.07, 6.45) is 0.664. The zero-order valence-corrected chi connectivity index (χ0v) is 21.3. The van der Waals surface area contributed by atoms with Crippen molar-refractivity contribution < 1.29 is 47.9 Å². The van der Waals surface area contributed by atoms with Crippen LogP contribution in [0.15, 0.2) is 42.6 Å². The molecule has 3 aliphatic rings. The Morgan fingerprint density at radius 3 is 2.33 bits per heavy atom. The van der Waals surface area contributed by atoms with Gasteiger partial charge >= 0.3 is 11.9 Å². The molecule has 2 aromatic carbocycles. The molecule has 1 aliphatic carbocycles. The van der Waals surface area contributed by atoms with E-state index in [1.165, 1.54) is 27.5 Å². The summed E-state index contributed by atoms with van der Waals surface area (Å²) in [4.78, 5) is 30.7. The number of methoxy groups -OCH3 is 3. The maximum atomic E-state index is 13.4. The van der Waals surface area contributed by atoms with Gasteiger partial charge in [0.2, 0.25) is 18.4 Å². The molecule has 0 bridgehead atoms. The van der Waals surface area contributed by atoms with Crippen molar-refractivity contribution in [2.45, 2.75) is 12.0 Å². The van der Waals surface area contributed by atoms with Gasteiger partial charge in [0.1, 0.15) is 11.7 Å². The lowest BCUT2D eigenvalue weighted by molar-refractivity contribution is -0.141. The largest absolute Gasteiger partial charge is 0.502 e. The van der Waals surface area contributed by atoms with Crippen molar-refractivity contribution >= 4 is 11.9 Å². The minimum absolute atomic E-state index is 0.0377. The van der Waals surface area contributed by atoms with Crippen LogP contribution in [-0.4, -0.2) is 56.8 Å². The number of phenolic OH excluding ortho intramolecular Hbond substituents is 1. The monoisotopic (exact) mass is 535 g/mol. The van der Waals surface area contributed by atoms with E-state index in [1.807, 2.05) is 0 Å². The number of hydrogen-bond acceptors (Lipinski definition) is 11. The molecular formula is C28H25NO10. The Kier molecular flexibility index (Phi) is 6.05. The third kappa shape index (κ3) is 3.92. The molecule has 1 fully saturated rings. The summed E-state index contributed by atoms with van der Waals surface area (Å²) in [7, 11) is 4.28. The molecular weight excluding hydrogens is 510 g/mol. The van der Waals surface area contributed by atoms with E-state index in [4.69, 9.17) is 33.2 Å². The van der Waals surface area contributed by atoms with Crippen LogP contribution < -0.4 is 23.7 Å². The first-order chi connectivity index (χ1) is 18.9. The van der Waals surface area contributed by atoms with Gasteiger partial charge in [0.25, 0.3) is 0 Å². The Hall–Kier alpha value is -4.67. The normalized spacial score (nSPS) is 22.4. The lowest BCUT2D eigenvalue weighted by Crippen LogP contribution is -2.36. The number of hydrogen-bond donors (Lipinski definition) is 1. The number of nitrogens with zero attached hydrogens (tertiary/aromatic N) is 1. The summed E-state index contributed by atoms with van der Waals surface area (Å²) in [5, 5.41) is 10.5. The summed E-state index contributed by atoms with van der Waals surface area (Å²) >= 11 is 0. The van der Waals surface area contributed by atoms with Gasteiger partial charge in [-0.05, 0) is 47.5 Å². The zero-order chi connectivity index (χ0) is 27.3. The third-order valence-corrected chi connectivity index (χ3v) is 7.40. The molecule has 1 N–H and O–H groups in total. The van der Waals surface area contributed by atoms with E-state index in [0.717, 1.165) is 0 Å². The van der Waals surface area contributed by atoms with Gasteiger partial charge in [-0.1, -0.05) is 0 Å². The summed E-state index contributed by atoms with van der Waals surface area (Å²) in [5.41, 5.74) is 2.13. The first kappa shape index (κ1) is 24.7. The molecule has 11 nitrogen and oxygen atoms in total. The second-order valence-corrected chi connectivity index (χ2v) is 9.29. The zero-order valence-electron chi connectivity index (χ0n) is 21.3. The van der Waals surface area contributed by atoms with Gasteiger partial charge in [0.15, 0.2) is 23.0 Å². The molecule has 0 radical (unpaired) electrons. The Labute approximate surface area is 223 Å². The number of carbonyl (C=O) groups excluding carboxylic acids is 2. The SMILES string of the molecule is COc1cc([C@@H]2c3cc4c(cc3[C@@H](OC(=O)c3cccnc3OC)[C@H]3COC(=O)[C@H]23)OCO4)cc(OC)c1O. The standard InChI is InChI=1S/C28H25NO10/c1-33-20-7-13(8-21(34-2)24(20)30)22-15-9-18-19(38-12-37-18)10-16(15)25(17-11-36-28(32)23(17)22)39-27(31)14-5-4-6-29-26(14)35-3/h4-10,17,22-23,25,30H,11-12H2,1-3H3/t17-,22+,23-,25+/m0/s1. The lowest BCUT2D eigenvalue weighted by Gasteiger charge is -2.38. The van der Waals surface area contributed by atoms with E-state index >= 15 is 0 Å². The van der Waals surface area contributed by atoms with Gasteiger partial charge in [-0.3, -0.25) is 4.79 Å². The van der Waals surface area contributed by atoms with Gasteiger partial charge in [-0.15, -0.1) is 0 Å². The average Bonchev–Trinajstić information content (AvgIpc) is 3.58. The summed E-state index contributed by atoms with van der Waals surface area (Å²) in [5.74, 6) is -1.54. The van der Waals surface area contributed by atoms with Crippen molar-refractivity contribution in [1.29, 1.82) is 0 Å². The molecule has 0 unspecified atom stereocenters. The van der Waals surface area contributed by atoms with E-state index in [1.54, 1.807) is 36.4 Å². The van der Waals surface area contributed by atoms with Crippen molar-refractivity contribution in [3.63, 3.8) is 0 Å². The highest BCUT2D eigenvalue weighted by Crippen LogP contribution is 2.56. The van der Waals surface area contributed by atoms with Crippen molar-refractivity contribution in [3.8, 4) is 34.6 Å². The number of ether oxygens (including phenoxy) is 7. The molecule has 1 aromatic heterocycles. The van der Waals surface area contributed by atoms with Crippen LogP contribution in [0.25, 0.3) is 0 Å². The fraction of sp³-hybridized carbons (Fsp3) is 0.321. The average molecular weight is 536 g/mol. The number of phenols is 1. The number of benzene rings is 2. The predicted molar refractivity (Wildman–Crippen MR) is 133 cm³/mol. The number of cyclic esters (lactones) is 1. The summed E-state index contributed by atoms with van der Waals surface area (Å²) < 4.78 is 38.9. The molecule has 0 spiro atoms. The van der Waals surface area contributed by atoms with Gasteiger partial charge in [-0.25, -0.2) is 9.78 Å². The molecule has 6 rings (SSSR count). The smallest absolute Gasteiger partial charge is 0.344 e. The van der Waals surface area contributed by atoms with Crippen LogP contribution in [0.2, 0.25) is 0 Å². The molecule has 0 saturated carbocycles. The predicted octanol–water partition coefficient (Wildman–Crippen LogP) is 3.37. The van der Waals surface area contributed by atoms with Gasteiger partial charge in [-0.2, -0.15) is 0 Å². The van der Waals surface area contributed by atoms with Crippen LogP contribution >= 0.6 is 0 Å². The molecule has 202 valence electrons. The van der Waals surface area contributed by atoms with Crippen molar-refractivity contribution in [1.82, 2.24) is 4.98 Å². The number of aromatic hydroxyl groups is 1. The number of esters is 2. The van der Waals surface area contributed by atoms with Crippen molar-refractivity contribution in [2.75, 3.05) is 34.7 Å². The van der Waals surface area contributed by atoms with E-state index in [-0.39, 0.29) is 42.1 Å². The quantitative estimate of drug-likeness (QED) is 0.466. The Balaban J connectivity index is 1.52. The fourth-order valence-electron chi connectivity index (χ4n) is 5.64. The fourth-order valence-corrected chi connectivity index (χ4v) is 5.64. The van der Waals surface area contributed by atoms with E-state index in [9.17, 15) is 14.7 Å². The summed E-state index contributed by atoms with van der Waals surface area (Å²) in [6, 6.07) is 10.1. The van der Waals surface area contributed by atoms with Gasteiger partial charge in [0, 0.05) is 23.6 Å². The van der Waals surface area contributed by atoms with Crippen LogP contribution in [0.1, 0.15) is 39.1 Å². The van der Waals surface area contributed by atoms with E-state index < -0.39 is 35.8 Å². The highest BCUT2D eigenvalue weighted by atomic mass is 16.7. The molecule has 11 heteroatoms. The van der Waals surface area contributed by atoms with E-state index in [0.29, 0.717) is 28.2 Å². The van der Waals surface area contributed by atoms with Gasteiger partial charge < -0.3 is 38.3 Å². The number of rotatable bonds is 6. The molecule has 39 heavy (non-hydrogen) atoms. The molecule has 3 aromatic rings. The number of carbonyl (C=O) groups is 2. The van der Waals surface area contributed by atoms with Crippen LogP contribution in [0.3, 0.4) is 0 Å². The molecule has 2 aliphatic heterocycles.